The van der Waals surface area contributed by atoms with Gasteiger partial charge in [-0.1, -0.05) is 0 Å². The van der Waals surface area contributed by atoms with Gasteiger partial charge in [-0.2, -0.15) is 4.98 Å². The Morgan fingerprint density at radius 1 is 1.35 bits per heavy atom. The molecule has 17 heavy (non-hydrogen) atoms. The molecule has 0 aromatic carbocycles. The first-order chi connectivity index (χ1) is 8.11. The van der Waals surface area contributed by atoms with Crippen LogP contribution in [-0.4, -0.2) is 49.2 Å². The van der Waals surface area contributed by atoms with Crippen LogP contribution in [-0.2, 0) is 11.3 Å². The minimum Gasteiger partial charge on any atom is -0.477 e. The Morgan fingerprint density at radius 2 is 2.12 bits per heavy atom. The summed E-state index contributed by atoms with van der Waals surface area (Å²) in [5.74, 6) is 1.44. The molecular formula is C11H20N4O2. The summed E-state index contributed by atoms with van der Waals surface area (Å²) < 4.78 is 10.5. The lowest BCUT2D eigenvalue weighted by molar-refractivity contribution is 0.176. The lowest BCUT2D eigenvalue weighted by Gasteiger charge is -2.10. The van der Waals surface area contributed by atoms with E-state index in [1.807, 2.05) is 14.1 Å². The largest absolute Gasteiger partial charge is 0.477 e. The zero-order valence-electron chi connectivity index (χ0n) is 10.6. The third kappa shape index (κ3) is 5.46. The maximum Gasteiger partial charge on any atom is 0.218 e. The minimum atomic E-state index is 0.332. The molecule has 1 heterocycles. The molecule has 0 saturated carbocycles. The standard InChI is InChI=1S/C11H20N4O2/c1-15(2)5-4-6-17-11-7-9(12)13-10(14-11)8-16-3/h7H,4-6,8H2,1-3H3,(H2,12,13,14). The first-order valence-corrected chi connectivity index (χ1v) is 5.51. The van der Waals surface area contributed by atoms with E-state index in [0.717, 1.165) is 13.0 Å². The van der Waals surface area contributed by atoms with Crippen LogP contribution in [0.1, 0.15) is 12.2 Å². The number of aromatic nitrogens is 2. The van der Waals surface area contributed by atoms with Crippen LogP contribution in [0.15, 0.2) is 6.07 Å². The number of nitrogens with two attached hydrogens (primary N) is 1. The fourth-order valence-electron chi connectivity index (χ4n) is 1.32. The number of nitrogen functional groups attached to an aromatic ring is 1. The third-order valence-electron chi connectivity index (χ3n) is 2.04. The predicted octanol–water partition coefficient (Wildman–Crippen LogP) is 0.536. The topological polar surface area (TPSA) is 73.5 Å². The number of methoxy groups -OCH3 is 1. The average Bonchev–Trinajstić information content (AvgIpc) is 2.24. The molecule has 1 aromatic heterocycles. The van der Waals surface area contributed by atoms with Gasteiger partial charge in [-0.25, -0.2) is 4.98 Å². The van der Waals surface area contributed by atoms with Crippen molar-refractivity contribution >= 4 is 5.82 Å². The second kappa shape index (κ2) is 7.03. The second-order valence-corrected chi connectivity index (χ2v) is 3.99. The molecule has 0 bridgehead atoms. The Kier molecular flexibility index (Phi) is 5.65. The van der Waals surface area contributed by atoms with Crippen molar-refractivity contribution in [1.29, 1.82) is 0 Å². The molecule has 6 nitrogen and oxygen atoms in total. The highest BCUT2D eigenvalue weighted by atomic mass is 16.5. The summed E-state index contributed by atoms with van der Waals surface area (Å²) in [7, 11) is 5.64. The summed E-state index contributed by atoms with van der Waals surface area (Å²) in [5, 5.41) is 0. The molecule has 6 heteroatoms. The summed E-state index contributed by atoms with van der Waals surface area (Å²) in [5.41, 5.74) is 5.65. The van der Waals surface area contributed by atoms with Gasteiger partial charge in [0.1, 0.15) is 12.4 Å². The number of hydrogen-bond donors (Lipinski definition) is 1. The smallest absolute Gasteiger partial charge is 0.218 e. The summed E-state index contributed by atoms with van der Waals surface area (Å²) in [6, 6.07) is 1.62. The molecule has 2 N–H and O–H groups in total. The Hall–Kier alpha value is -1.40. The number of ether oxygens (including phenoxy) is 2. The Bertz CT molecular complexity index is 344. The van der Waals surface area contributed by atoms with Crippen molar-refractivity contribution in [2.45, 2.75) is 13.0 Å². The van der Waals surface area contributed by atoms with Crippen molar-refractivity contribution in [3.05, 3.63) is 11.9 Å². The van der Waals surface area contributed by atoms with Gasteiger partial charge in [0.15, 0.2) is 5.82 Å². The van der Waals surface area contributed by atoms with Crippen LogP contribution in [0, 0.1) is 0 Å². The molecule has 0 aliphatic rings. The molecule has 0 atom stereocenters. The average molecular weight is 240 g/mol. The van der Waals surface area contributed by atoms with Crippen molar-refractivity contribution in [2.24, 2.45) is 0 Å². The van der Waals surface area contributed by atoms with E-state index in [1.165, 1.54) is 0 Å². The van der Waals surface area contributed by atoms with Crippen molar-refractivity contribution < 1.29 is 9.47 Å². The summed E-state index contributed by atoms with van der Waals surface area (Å²) >= 11 is 0. The van der Waals surface area contributed by atoms with Crippen LogP contribution in [0.3, 0.4) is 0 Å². The highest BCUT2D eigenvalue weighted by Gasteiger charge is 2.03. The number of anilines is 1. The zero-order valence-corrected chi connectivity index (χ0v) is 10.6. The van der Waals surface area contributed by atoms with Gasteiger partial charge >= 0.3 is 0 Å². The Labute approximate surface area is 102 Å². The van der Waals surface area contributed by atoms with E-state index in [-0.39, 0.29) is 0 Å². The number of rotatable bonds is 7. The van der Waals surface area contributed by atoms with Gasteiger partial charge in [-0.15, -0.1) is 0 Å². The first-order valence-electron chi connectivity index (χ1n) is 5.51. The maximum absolute atomic E-state index is 5.65. The van der Waals surface area contributed by atoms with Crippen LogP contribution in [0.5, 0.6) is 5.88 Å². The SMILES string of the molecule is COCc1nc(N)cc(OCCCN(C)C)n1. The molecule has 1 aromatic rings. The first kappa shape index (κ1) is 13.7. The zero-order chi connectivity index (χ0) is 12.7. The van der Waals surface area contributed by atoms with Crippen molar-refractivity contribution in [1.82, 2.24) is 14.9 Å². The van der Waals surface area contributed by atoms with E-state index in [0.29, 0.717) is 30.7 Å². The molecule has 0 fully saturated rings. The van der Waals surface area contributed by atoms with E-state index in [9.17, 15) is 0 Å². The van der Waals surface area contributed by atoms with Crippen LogP contribution >= 0.6 is 0 Å². The van der Waals surface area contributed by atoms with Gasteiger partial charge in [0, 0.05) is 19.7 Å². The van der Waals surface area contributed by atoms with Crippen LogP contribution in [0.4, 0.5) is 5.82 Å². The van der Waals surface area contributed by atoms with E-state index in [1.54, 1.807) is 13.2 Å². The molecule has 0 spiro atoms. The van der Waals surface area contributed by atoms with Crippen molar-refractivity contribution in [3.63, 3.8) is 0 Å². The minimum absolute atomic E-state index is 0.332. The van der Waals surface area contributed by atoms with Crippen LogP contribution in [0.25, 0.3) is 0 Å². The molecule has 0 amide bonds. The highest BCUT2D eigenvalue weighted by molar-refractivity contribution is 5.32. The second-order valence-electron chi connectivity index (χ2n) is 3.99. The molecule has 0 aliphatic carbocycles. The molecule has 0 saturated heterocycles. The van der Waals surface area contributed by atoms with Gasteiger partial charge < -0.3 is 20.1 Å². The van der Waals surface area contributed by atoms with Gasteiger partial charge in [0.25, 0.3) is 0 Å². The van der Waals surface area contributed by atoms with Crippen LogP contribution in [0.2, 0.25) is 0 Å². The molecular weight excluding hydrogens is 220 g/mol. The lowest BCUT2D eigenvalue weighted by atomic mass is 10.4. The van der Waals surface area contributed by atoms with E-state index in [2.05, 4.69) is 14.9 Å². The molecule has 96 valence electrons. The quantitative estimate of drug-likeness (QED) is 0.701. The molecule has 0 aliphatic heterocycles. The van der Waals surface area contributed by atoms with Gasteiger partial charge in [-0.05, 0) is 20.5 Å². The van der Waals surface area contributed by atoms with E-state index < -0.39 is 0 Å². The molecule has 0 radical (unpaired) electrons. The van der Waals surface area contributed by atoms with Gasteiger partial charge in [0.2, 0.25) is 5.88 Å². The van der Waals surface area contributed by atoms with E-state index in [4.69, 9.17) is 15.2 Å². The van der Waals surface area contributed by atoms with Crippen molar-refractivity contribution in [3.8, 4) is 5.88 Å². The number of hydrogen-bond acceptors (Lipinski definition) is 6. The molecule has 1 rings (SSSR count). The summed E-state index contributed by atoms with van der Waals surface area (Å²) in [4.78, 5) is 10.3. The normalized spacial score (nSPS) is 10.8. The lowest BCUT2D eigenvalue weighted by Crippen LogP contribution is -2.16. The fraction of sp³-hybridized carbons (Fsp3) is 0.636. The predicted molar refractivity (Wildman–Crippen MR) is 65.8 cm³/mol. The maximum atomic E-state index is 5.65. The highest BCUT2D eigenvalue weighted by Crippen LogP contribution is 2.11. The third-order valence-corrected chi connectivity index (χ3v) is 2.04. The summed E-state index contributed by atoms with van der Waals surface area (Å²) in [6.45, 7) is 1.92. The van der Waals surface area contributed by atoms with E-state index >= 15 is 0 Å². The monoisotopic (exact) mass is 240 g/mol. The van der Waals surface area contributed by atoms with Gasteiger partial charge in [0.05, 0.1) is 6.61 Å². The Morgan fingerprint density at radius 3 is 2.76 bits per heavy atom. The fourth-order valence-corrected chi connectivity index (χ4v) is 1.32. The molecule has 0 unspecified atom stereocenters. The van der Waals surface area contributed by atoms with Crippen molar-refractivity contribution in [2.75, 3.05) is 40.1 Å². The Balaban J connectivity index is 2.46. The van der Waals surface area contributed by atoms with Gasteiger partial charge in [-0.3, -0.25) is 0 Å². The number of nitrogens with zero attached hydrogens (tertiary/aromatic N) is 3. The summed E-state index contributed by atoms with van der Waals surface area (Å²) in [6.07, 6.45) is 0.941. The van der Waals surface area contributed by atoms with Crippen LogP contribution < -0.4 is 10.5 Å².